The molecule has 1 fully saturated rings. The Morgan fingerprint density at radius 3 is 2.42 bits per heavy atom. The lowest BCUT2D eigenvalue weighted by atomic mass is 10.1. The molecule has 0 bridgehead atoms. The minimum Gasteiger partial charge on any atom is -0.394 e. The van der Waals surface area contributed by atoms with E-state index in [-0.39, 0.29) is 11.5 Å². The predicted octanol–water partition coefficient (Wildman–Crippen LogP) is 2.81. The maximum absolute atomic E-state index is 13.4. The Kier molecular flexibility index (Phi) is 4.02. The summed E-state index contributed by atoms with van der Waals surface area (Å²) in [6.45, 7) is 3.24. The van der Waals surface area contributed by atoms with Gasteiger partial charge in [-0.25, -0.2) is 8.78 Å². The number of rotatable bonds is 5. The molecule has 19 heavy (non-hydrogen) atoms. The highest BCUT2D eigenvalue weighted by Crippen LogP contribution is 2.30. The molecule has 1 aromatic carbocycles. The second-order valence-electron chi connectivity index (χ2n) is 5.05. The highest BCUT2D eigenvalue weighted by molar-refractivity contribution is 5.94. The topological polar surface area (TPSA) is 46.3 Å². The maximum atomic E-state index is 13.4. The van der Waals surface area contributed by atoms with Gasteiger partial charge in [0.2, 0.25) is 0 Å². The second kappa shape index (κ2) is 5.55. The zero-order chi connectivity index (χ0) is 14.0. The van der Waals surface area contributed by atoms with Gasteiger partial charge in [-0.15, -0.1) is 0 Å². The number of amides is 1. The first kappa shape index (κ1) is 13.8. The molecule has 5 heteroatoms. The molecule has 1 amide bonds. The summed E-state index contributed by atoms with van der Waals surface area (Å²) in [6, 6.07) is 2.02. The van der Waals surface area contributed by atoms with Crippen molar-refractivity contribution in [2.24, 2.45) is 5.92 Å². The highest BCUT2D eigenvalue weighted by atomic mass is 19.1. The monoisotopic (exact) mass is 268 g/mol. The van der Waals surface area contributed by atoms with Gasteiger partial charge < -0.3 is 10.6 Å². The molecular weight excluding hydrogens is 250 g/mol. The first-order chi connectivity index (χ1) is 9.02. The first-order valence-corrected chi connectivity index (χ1v) is 6.56. The average Bonchev–Trinajstić information content (AvgIpc) is 3.18. The third-order valence-electron chi connectivity index (χ3n) is 3.28. The fourth-order valence-electron chi connectivity index (χ4n) is 2.05. The van der Waals surface area contributed by atoms with Crippen LogP contribution < -0.4 is 5.73 Å². The number of hydrogen-bond donors (Lipinski definition) is 1. The summed E-state index contributed by atoms with van der Waals surface area (Å²) in [5.41, 5.74) is 4.69. The van der Waals surface area contributed by atoms with Gasteiger partial charge in [0.05, 0.1) is 0 Å². The summed E-state index contributed by atoms with van der Waals surface area (Å²) in [6.07, 6.45) is 3.06. The summed E-state index contributed by atoms with van der Waals surface area (Å²) in [5, 5.41) is 0. The van der Waals surface area contributed by atoms with Crippen molar-refractivity contribution in [3.05, 3.63) is 29.3 Å². The van der Waals surface area contributed by atoms with Crippen LogP contribution in [0.4, 0.5) is 14.5 Å². The molecule has 0 saturated heterocycles. The van der Waals surface area contributed by atoms with Crippen molar-refractivity contribution in [1.29, 1.82) is 0 Å². The molecule has 3 nitrogen and oxygen atoms in total. The van der Waals surface area contributed by atoms with E-state index in [4.69, 9.17) is 5.73 Å². The van der Waals surface area contributed by atoms with E-state index >= 15 is 0 Å². The second-order valence-corrected chi connectivity index (χ2v) is 5.05. The molecule has 0 aromatic heterocycles. The van der Waals surface area contributed by atoms with Crippen molar-refractivity contribution in [1.82, 2.24) is 4.90 Å². The molecule has 1 aliphatic carbocycles. The summed E-state index contributed by atoms with van der Waals surface area (Å²) in [4.78, 5) is 13.9. The van der Waals surface area contributed by atoms with Gasteiger partial charge >= 0.3 is 0 Å². The SMILES string of the molecule is CCCN(CC1CC1)C(=O)c1cc(F)c(N)c(F)c1. The van der Waals surface area contributed by atoms with Gasteiger partial charge in [-0.05, 0) is 37.3 Å². The molecule has 0 radical (unpaired) electrons. The van der Waals surface area contributed by atoms with E-state index in [0.29, 0.717) is 19.0 Å². The molecule has 104 valence electrons. The number of nitrogens with two attached hydrogens (primary N) is 1. The Balaban J connectivity index is 2.20. The van der Waals surface area contributed by atoms with Gasteiger partial charge in [-0.2, -0.15) is 0 Å². The molecule has 1 aliphatic rings. The fourth-order valence-corrected chi connectivity index (χ4v) is 2.05. The van der Waals surface area contributed by atoms with Crippen LogP contribution in [0.5, 0.6) is 0 Å². The normalized spacial score (nSPS) is 14.5. The van der Waals surface area contributed by atoms with Crippen molar-refractivity contribution < 1.29 is 13.6 Å². The van der Waals surface area contributed by atoms with Crippen LogP contribution in [0.1, 0.15) is 36.5 Å². The average molecular weight is 268 g/mol. The van der Waals surface area contributed by atoms with Crippen LogP contribution in [-0.4, -0.2) is 23.9 Å². The molecule has 2 N–H and O–H groups in total. The van der Waals surface area contributed by atoms with Crippen LogP contribution >= 0.6 is 0 Å². The van der Waals surface area contributed by atoms with Gasteiger partial charge in [0.1, 0.15) is 17.3 Å². The van der Waals surface area contributed by atoms with Crippen LogP contribution in [-0.2, 0) is 0 Å². The molecule has 0 aliphatic heterocycles. The first-order valence-electron chi connectivity index (χ1n) is 6.56. The van der Waals surface area contributed by atoms with Gasteiger partial charge in [0, 0.05) is 18.7 Å². The zero-order valence-electron chi connectivity index (χ0n) is 11.0. The maximum Gasteiger partial charge on any atom is 0.254 e. The zero-order valence-corrected chi connectivity index (χ0v) is 11.0. The van der Waals surface area contributed by atoms with Crippen LogP contribution in [0.15, 0.2) is 12.1 Å². The molecule has 0 unspecified atom stereocenters. The van der Waals surface area contributed by atoms with E-state index in [0.717, 1.165) is 31.4 Å². The van der Waals surface area contributed by atoms with E-state index in [9.17, 15) is 13.6 Å². The predicted molar refractivity (Wildman–Crippen MR) is 69.7 cm³/mol. The lowest BCUT2D eigenvalue weighted by Crippen LogP contribution is -2.33. The smallest absolute Gasteiger partial charge is 0.254 e. The standard InChI is InChI=1S/C14H18F2N2O/c1-2-5-18(8-9-3-4-9)14(19)10-6-11(15)13(17)12(16)7-10/h6-7,9H,2-5,8,17H2,1H3. The van der Waals surface area contributed by atoms with Crippen molar-refractivity contribution in [3.63, 3.8) is 0 Å². The van der Waals surface area contributed by atoms with Crippen molar-refractivity contribution in [2.75, 3.05) is 18.8 Å². The van der Waals surface area contributed by atoms with Gasteiger partial charge in [0.15, 0.2) is 0 Å². The number of carbonyl (C=O) groups excluding carboxylic acids is 1. The largest absolute Gasteiger partial charge is 0.394 e. The van der Waals surface area contributed by atoms with Gasteiger partial charge in [0.25, 0.3) is 5.91 Å². The molecule has 2 rings (SSSR count). The molecule has 0 atom stereocenters. The Morgan fingerprint density at radius 2 is 1.95 bits per heavy atom. The molecule has 0 spiro atoms. The van der Waals surface area contributed by atoms with E-state index < -0.39 is 17.3 Å². The van der Waals surface area contributed by atoms with Crippen LogP contribution in [0, 0.1) is 17.6 Å². The summed E-state index contributed by atoms with van der Waals surface area (Å²) < 4.78 is 26.8. The number of hydrogen-bond acceptors (Lipinski definition) is 2. The van der Waals surface area contributed by atoms with Crippen LogP contribution in [0.3, 0.4) is 0 Å². The Morgan fingerprint density at radius 1 is 1.37 bits per heavy atom. The van der Waals surface area contributed by atoms with Gasteiger partial charge in [-0.1, -0.05) is 6.92 Å². The molecule has 1 saturated carbocycles. The Hall–Kier alpha value is -1.65. The Labute approximate surface area is 111 Å². The minimum absolute atomic E-state index is 0.0262. The van der Waals surface area contributed by atoms with E-state index in [1.807, 2.05) is 6.92 Å². The summed E-state index contributed by atoms with van der Waals surface area (Å²) in [5.74, 6) is -1.55. The van der Waals surface area contributed by atoms with E-state index in [1.54, 1.807) is 4.90 Å². The number of nitrogen functional groups attached to an aromatic ring is 1. The number of anilines is 1. The van der Waals surface area contributed by atoms with Crippen LogP contribution in [0.25, 0.3) is 0 Å². The third kappa shape index (κ3) is 3.22. The number of carbonyl (C=O) groups is 1. The minimum atomic E-state index is -0.883. The number of benzene rings is 1. The highest BCUT2D eigenvalue weighted by Gasteiger charge is 2.27. The van der Waals surface area contributed by atoms with Crippen LogP contribution in [0.2, 0.25) is 0 Å². The fraction of sp³-hybridized carbons (Fsp3) is 0.500. The Bertz CT molecular complexity index is 463. The number of nitrogens with zero attached hydrogens (tertiary/aromatic N) is 1. The quantitative estimate of drug-likeness (QED) is 0.835. The van der Waals surface area contributed by atoms with Crippen molar-refractivity contribution in [2.45, 2.75) is 26.2 Å². The summed E-state index contributed by atoms with van der Waals surface area (Å²) in [7, 11) is 0. The van der Waals surface area contributed by atoms with Crippen molar-refractivity contribution >= 4 is 11.6 Å². The third-order valence-corrected chi connectivity index (χ3v) is 3.28. The van der Waals surface area contributed by atoms with Gasteiger partial charge in [-0.3, -0.25) is 4.79 Å². The lowest BCUT2D eigenvalue weighted by molar-refractivity contribution is 0.0746. The molecule has 1 aromatic rings. The van der Waals surface area contributed by atoms with E-state index in [2.05, 4.69) is 0 Å². The lowest BCUT2D eigenvalue weighted by Gasteiger charge is -2.22. The molecule has 0 heterocycles. The number of halogens is 2. The summed E-state index contributed by atoms with van der Waals surface area (Å²) >= 11 is 0. The molecular formula is C14H18F2N2O. The van der Waals surface area contributed by atoms with E-state index in [1.165, 1.54) is 0 Å². The van der Waals surface area contributed by atoms with Crippen molar-refractivity contribution in [3.8, 4) is 0 Å².